The minimum Gasteiger partial charge on any atom is -0.550 e. The van der Waals surface area contributed by atoms with Crippen molar-refractivity contribution in [1.82, 2.24) is 0 Å². The lowest BCUT2D eigenvalue weighted by molar-refractivity contribution is -0.313. The summed E-state index contributed by atoms with van der Waals surface area (Å²) in [6, 6.07) is 0. The number of hydrogen-bond acceptors (Lipinski definition) is 6. The number of esters is 1. The van der Waals surface area contributed by atoms with Crippen molar-refractivity contribution < 1.29 is 24.2 Å². The van der Waals surface area contributed by atoms with Gasteiger partial charge in [0, 0.05) is 16.8 Å². The van der Waals surface area contributed by atoms with Crippen LogP contribution in [0.15, 0.2) is 11.1 Å². The summed E-state index contributed by atoms with van der Waals surface area (Å²) in [6.07, 6.45) is 6.17. The summed E-state index contributed by atoms with van der Waals surface area (Å²) in [4.78, 5) is 38.7. The number of carbonyl (C=O) groups is 3. The second-order valence-electron chi connectivity index (χ2n) is 8.39. The Morgan fingerprint density at radius 1 is 1.10 bits per heavy atom. The molecule has 2 aliphatic carbocycles. The van der Waals surface area contributed by atoms with Gasteiger partial charge in [-0.25, -0.2) is 4.79 Å². The third-order valence-corrected chi connectivity index (χ3v) is 7.46. The molecule has 6 nitrogen and oxygen atoms in total. The number of fused-ring (bicyclic) bond motifs is 1. The zero-order valence-electron chi connectivity index (χ0n) is 18.0. The maximum Gasteiger partial charge on any atom is 0.341 e. The molecule has 164 valence electrons. The molecule has 1 heterocycles. The minimum atomic E-state index is -1.20. The molecule has 0 aliphatic heterocycles. The highest BCUT2D eigenvalue weighted by molar-refractivity contribution is 7.17. The Labute approximate surface area is 181 Å². The predicted molar refractivity (Wildman–Crippen MR) is 114 cm³/mol. The lowest BCUT2D eigenvalue weighted by atomic mass is 9.76. The number of thiophene rings is 1. The molecular weight excluding hydrogens is 402 g/mol. The molecule has 30 heavy (non-hydrogen) atoms. The first-order valence-electron chi connectivity index (χ1n) is 10.8. The number of hydrogen-bond donors (Lipinski definition) is 1. The number of carboxylic acid groups (broad SMARTS) is 1. The molecule has 2 atom stereocenters. The molecule has 1 amide bonds. The predicted octanol–water partition coefficient (Wildman–Crippen LogP) is 3.63. The van der Waals surface area contributed by atoms with Gasteiger partial charge < -0.3 is 20.0 Å². The SMILES string of the molecule is CCCCOC(=O)c1c(NC(=O)[C@H]2CC(C)=C(C)C[C@H]2C(=O)[O-])sc2c1CCCC2. The number of nitrogens with one attached hydrogen (secondary N) is 1. The van der Waals surface area contributed by atoms with Gasteiger partial charge in [-0.1, -0.05) is 24.5 Å². The number of allylic oxidation sites excluding steroid dienone is 2. The number of aryl methyl sites for hydroxylation is 1. The molecule has 7 heteroatoms. The Morgan fingerprint density at radius 3 is 2.43 bits per heavy atom. The Hall–Kier alpha value is -2.15. The van der Waals surface area contributed by atoms with Crippen molar-refractivity contribution >= 4 is 34.2 Å². The van der Waals surface area contributed by atoms with E-state index in [0.29, 0.717) is 30.0 Å². The van der Waals surface area contributed by atoms with E-state index in [4.69, 9.17) is 4.74 Å². The van der Waals surface area contributed by atoms with Crippen LogP contribution in [0.1, 0.15) is 80.1 Å². The first-order valence-corrected chi connectivity index (χ1v) is 11.6. The van der Waals surface area contributed by atoms with Crippen LogP contribution in [0, 0.1) is 11.8 Å². The summed E-state index contributed by atoms with van der Waals surface area (Å²) in [5.41, 5.74) is 3.48. The van der Waals surface area contributed by atoms with E-state index in [1.807, 2.05) is 20.8 Å². The zero-order valence-corrected chi connectivity index (χ0v) is 18.8. The molecule has 0 saturated carbocycles. The fourth-order valence-electron chi connectivity index (χ4n) is 4.27. The van der Waals surface area contributed by atoms with Crippen LogP contribution in [0.3, 0.4) is 0 Å². The quantitative estimate of drug-likeness (QED) is 0.403. The van der Waals surface area contributed by atoms with E-state index < -0.39 is 23.8 Å². The van der Waals surface area contributed by atoms with E-state index in [0.717, 1.165) is 60.1 Å². The highest BCUT2D eigenvalue weighted by Crippen LogP contribution is 2.40. The summed E-state index contributed by atoms with van der Waals surface area (Å²) in [5, 5.41) is 15.1. The van der Waals surface area contributed by atoms with Crippen molar-refractivity contribution in [3.63, 3.8) is 0 Å². The maximum atomic E-state index is 13.1. The highest BCUT2D eigenvalue weighted by Gasteiger charge is 2.35. The molecule has 0 unspecified atom stereocenters. The van der Waals surface area contributed by atoms with E-state index in [9.17, 15) is 19.5 Å². The fourth-order valence-corrected chi connectivity index (χ4v) is 5.55. The third kappa shape index (κ3) is 4.77. The summed E-state index contributed by atoms with van der Waals surface area (Å²) in [6.45, 7) is 6.21. The van der Waals surface area contributed by atoms with Crippen molar-refractivity contribution in [2.75, 3.05) is 11.9 Å². The topological polar surface area (TPSA) is 95.5 Å². The van der Waals surface area contributed by atoms with Gasteiger partial charge in [-0.3, -0.25) is 4.79 Å². The van der Waals surface area contributed by atoms with Crippen LogP contribution in [0.2, 0.25) is 0 Å². The van der Waals surface area contributed by atoms with Gasteiger partial charge in [-0.2, -0.15) is 0 Å². The van der Waals surface area contributed by atoms with Crippen molar-refractivity contribution in [3.05, 3.63) is 27.2 Å². The first kappa shape index (κ1) is 22.5. The van der Waals surface area contributed by atoms with Crippen LogP contribution >= 0.6 is 11.3 Å². The van der Waals surface area contributed by atoms with Crippen molar-refractivity contribution in [3.8, 4) is 0 Å². The standard InChI is InChI=1S/C23H31NO5S/c1-4-5-10-29-23(28)19-15-8-6-7-9-18(15)30-21(19)24-20(25)16-11-13(2)14(3)12-17(16)22(26)27/h16-17H,4-12H2,1-3H3,(H,24,25)(H,26,27)/p-1/t16-,17+/m0/s1. The van der Waals surface area contributed by atoms with Crippen molar-refractivity contribution in [2.45, 2.75) is 72.1 Å². The lowest BCUT2D eigenvalue weighted by Crippen LogP contribution is -2.42. The first-order chi connectivity index (χ1) is 14.3. The monoisotopic (exact) mass is 432 g/mol. The van der Waals surface area contributed by atoms with Crippen LogP contribution in [-0.2, 0) is 27.2 Å². The highest BCUT2D eigenvalue weighted by atomic mass is 32.1. The molecule has 1 aromatic rings. The zero-order chi connectivity index (χ0) is 21.8. The molecular formula is C23H30NO5S-. The van der Waals surface area contributed by atoms with Gasteiger partial charge in [-0.15, -0.1) is 11.3 Å². The van der Waals surface area contributed by atoms with E-state index in [-0.39, 0.29) is 5.91 Å². The molecule has 2 aliphatic rings. The second kappa shape index (κ2) is 9.77. The maximum absolute atomic E-state index is 13.1. The van der Waals surface area contributed by atoms with Gasteiger partial charge in [0.15, 0.2) is 0 Å². The fraction of sp³-hybridized carbons (Fsp3) is 0.609. The van der Waals surface area contributed by atoms with Crippen molar-refractivity contribution in [1.29, 1.82) is 0 Å². The number of amides is 1. The lowest BCUT2D eigenvalue weighted by Gasteiger charge is -2.32. The van der Waals surface area contributed by atoms with Crippen LogP contribution in [0.25, 0.3) is 0 Å². The van der Waals surface area contributed by atoms with Crippen LogP contribution in [0.4, 0.5) is 5.00 Å². The number of ether oxygens (including phenoxy) is 1. The molecule has 3 rings (SSSR count). The number of carbonyl (C=O) groups excluding carboxylic acids is 3. The minimum absolute atomic E-state index is 0.319. The van der Waals surface area contributed by atoms with Gasteiger partial charge in [0.05, 0.1) is 18.1 Å². The Kier molecular flexibility index (Phi) is 7.34. The van der Waals surface area contributed by atoms with Gasteiger partial charge in [0.25, 0.3) is 0 Å². The molecule has 0 saturated heterocycles. The summed E-state index contributed by atoms with van der Waals surface area (Å²) in [5.74, 6) is -3.53. The molecule has 0 fully saturated rings. The third-order valence-electron chi connectivity index (χ3n) is 6.25. The summed E-state index contributed by atoms with van der Waals surface area (Å²) in [7, 11) is 0. The molecule has 1 N–H and O–H groups in total. The smallest absolute Gasteiger partial charge is 0.341 e. The van der Waals surface area contributed by atoms with Gasteiger partial charge in [-0.05, 0) is 64.4 Å². The average molecular weight is 433 g/mol. The molecule has 0 aromatic carbocycles. The second-order valence-corrected chi connectivity index (χ2v) is 9.50. The van der Waals surface area contributed by atoms with Gasteiger partial charge in [0.1, 0.15) is 5.00 Å². The number of rotatable bonds is 7. The number of unbranched alkanes of at least 4 members (excludes halogenated alkanes) is 1. The Bertz CT molecular complexity index is 869. The van der Waals surface area contributed by atoms with E-state index in [1.165, 1.54) is 11.3 Å². The number of anilines is 1. The van der Waals surface area contributed by atoms with E-state index in [2.05, 4.69) is 5.32 Å². The van der Waals surface area contributed by atoms with E-state index >= 15 is 0 Å². The number of carboxylic acids is 1. The van der Waals surface area contributed by atoms with Crippen LogP contribution in [-0.4, -0.2) is 24.5 Å². The Morgan fingerprint density at radius 2 is 1.77 bits per heavy atom. The van der Waals surface area contributed by atoms with Gasteiger partial charge in [0.2, 0.25) is 5.91 Å². The molecule has 0 spiro atoms. The normalized spacial score (nSPS) is 21.2. The molecule has 0 bridgehead atoms. The van der Waals surface area contributed by atoms with Crippen LogP contribution in [0.5, 0.6) is 0 Å². The largest absolute Gasteiger partial charge is 0.550 e. The Balaban J connectivity index is 1.86. The molecule has 0 radical (unpaired) electrons. The summed E-state index contributed by atoms with van der Waals surface area (Å²) < 4.78 is 5.46. The van der Waals surface area contributed by atoms with Gasteiger partial charge >= 0.3 is 5.97 Å². The van der Waals surface area contributed by atoms with E-state index in [1.54, 1.807) is 0 Å². The molecule has 1 aromatic heterocycles. The van der Waals surface area contributed by atoms with Crippen molar-refractivity contribution in [2.24, 2.45) is 11.8 Å². The van der Waals surface area contributed by atoms with Crippen LogP contribution < -0.4 is 10.4 Å². The number of aliphatic carboxylic acids is 1. The average Bonchev–Trinajstić information content (AvgIpc) is 3.07. The summed E-state index contributed by atoms with van der Waals surface area (Å²) >= 11 is 1.42.